The summed E-state index contributed by atoms with van der Waals surface area (Å²) in [5.41, 5.74) is 1.08. The molecule has 0 bridgehead atoms. The highest BCUT2D eigenvalue weighted by atomic mass is 127. The molecule has 4 heteroatoms. The van der Waals surface area contributed by atoms with Crippen molar-refractivity contribution in [3.8, 4) is 17.1 Å². The minimum atomic E-state index is 0.849. The molecule has 0 amide bonds. The summed E-state index contributed by atoms with van der Waals surface area (Å²) >= 11 is 1.87. The number of benzene rings is 1. The van der Waals surface area contributed by atoms with Crippen LogP contribution in [0.15, 0.2) is 40.8 Å². The number of rotatable bonds is 3. The second-order valence-electron chi connectivity index (χ2n) is 3.22. The summed E-state index contributed by atoms with van der Waals surface area (Å²) in [6.45, 7) is 2.08. The fourth-order valence-corrected chi connectivity index (χ4v) is 1.69. The van der Waals surface area contributed by atoms with Gasteiger partial charge in [0.05, 0.1) is 0 Å². The number of hydrogen-bond donors (Lipinski definition) is 1. The maximum atomic E-state index is 7.00. The lowest BCUT2D eigenvalue weighted by molar-refractivity contribution is 0.399. The topological polar surface area (TPSA) is 42.6 Å². The molecule has 0 saturated carbocycles. The molecule has 1 aromatic carbocycles. The monoisotopic (exact) mass is 346 g/mol. The highest BCUT2D eigenvalue weighted by molar-refractivity contribution is 14.1. The molecule has 0 atom stereocenters. The van der Waals surface area contributed by atoms with E-state index in [1.54, 1.807) is 0 Å². The Kier molecular flexibility index (Phi) is 6.07. The molecule has 0 saturated heterocycles. The molecule has 1 aromatic heterocycles. The van der Waals surface area contributed by atoms with Gasteiger partial charge in [-0.05, 0) is 36.4 Å². The lowest BCUT2D eigenvalue weighted by atomic mass is 10.2. The van der Waals surface area contributed by atoms with Gasteiger partial charge in [-0.25, -0.2) is 0 Å². The van der Waals surface area contributed by atoms with Crippen LogP contribution in [0.25, 0.3) is 11.3 Å². The van der Waals surface area contributed by atoms with E-state index in [-0.39, 0.29) is 0 Å². The summed E-state index contributed by atoms with van der Waals surface area (Å²) in [6.07, 6.45) is 0.926. The van der Waals surface area contributed by atoms with Crippen molar-refractivity contribution < 1.29 is 12.6 Å². The smallest absolute Gasteiger partial charge is 0.192 e. The maximum Gasteiger partial charge on any atom is 0.192 e. The Morgan fingerprint density at radius 1 is 1.12 bits per heavy atom. The third kappa shape index (κ3) is 3.74. The first-order valence-corrected chi connectivity index (χ1v) is 6.14. The maximum absolute atomic E-state index is 7.00. The Morgan fingerprint density at radius 2 is 1.76 bits per heavy atom. The Hall–Kier alpha value is -1.01. The molecule has 17 heavy (non-hydrogen) atoms. The van der Waals surface area contributed by atoms with Crippen molar-refractivity contribution in [1.29, 1.82) is 0 Å². The second-order valence-corrected chi connectivity index (χ2v) is 3.66. The highest BCUT2D eigenvalue weighted by Crippen LogP contribution is 2.25. The van der Waals surface area contributed by atoms with E-state index < -0.39 is 0 Å². The quantitative estimate of drug-likeness (QED) is 0.859. The van der Waals surface area contributed by atoms with Gasteiger partial charge < -0.3 is 12.6 Å². The summed E-state index contributed by atoms with van der Waals surface area (Å²) in [5, 5.41) is 7.00. The van der Waals surface area contributed by atoms with Crippen LogP contribution in [0.2, 0.25) is 0 Å². The van der Waals surface area contributed by atoms with Crippen LogP contribution in [0, 0.1) is 0 Å². The van der Waals surface area contributed by atoms with Crippen molar-refractivity contribution in [2.24, 2.45) is 0 Å². The Morgan fingerprint density at radius 3 is 2.24 bits per heavy atom. The standard InChI is InChI=1S/C12H11IO2.CH4O/c1-2-10-7-8-12(14-10)9-3-5-11(15-13)6-4-9;1-2/h3-8H,2H2,1H3;2H,1H3. The number of furan rings is 1. The molecule has 3 nitrogen and oxygen atoms in total. The van der Waals surface area contributed by atoms with Crippen LogP contribution in [0.3, 0.4) is 0 Å². The molecule has 0 aliphatic heterocycles. The fourth-order valence-electron chi connectivity index (χ4n) is 1.39. The molecule has 1 heterocycles. The number of halogens is 1. The van der Waals surface area contributed by atoms with E-state index in [2.05, 4.69) is 6.92 Å². The van der Waals surface area contributed by atoms with Crippen LogP contribution in [0.4, 0.5) is 0 Å². The first kappa shape index (κ1) is 14.1. The van der Waals surface area contributed by atoms with Crippen LogP contribution in [0.1, 0.15) is 12.7 Å². The number of aliphatic hydroxyl groups is 1. The third-order valence-electron chi connectivity index (χ3n) is 2.24. The van der Waals surface area contributed by atoms with E-state index in [0.717, 1.165) is 36.4 Å². The van der Waals surface area contributed by atoms with Crippen molar-refractivity contribution in [1.82, 2.24) is 0 Å². The molecule has 0 unspecified atom stereocenters. The molecule has 92 valence electrons. The van der Waals surface area contributed by atoms with E-state index in [1.807, 2.05) is 59.4 Å². The number of aliphatic hydroxyl groups excluding tert-OH is 1. The van der Waals surface area contributed by atoms with Crippen molar-refractivity contribution in [3.05, 3.63) is 42.2 Å². The van der Waals surface area contributed by atoms with Gasteiger partial charge in [0.2, 0.25) is 0 Å². The molecule has 0 spiro atoms. The van der Waals surface area contributed by atoms with Crippen molar-refractivity contribution >= 4 is 23.0 Å². The normalized spacial score (nSPS) is 9.41. The minimum absolute atomic E-state index is 0.849. The number of aryl methyl sites for hydroxylation is 1. The molecule has 0 aliphatic rings. The van der Waals surface area contributed by atoms with Crippen LogP contribution in [-0.4, -0.2) is 12.2 Å². The van der Waals surface area contributed by atoms with Gasteiger partial charge in [0.15, 0.2) is 23.0 Å². The SMILES string of the molecule is CCc1ccc(-c2ccc(OI)cc2)o1.CO. The van der Waals surface area contributed by atoms with Crippen LogP contribution < -0.4 is 3.07 Å². The van der Waals surface area contributed by atoms with Crippen LogP contribution in [-0.2, 0) is 6.42 Å². The summed E-state index contributed by atoms with van der Waals surface area (Å²) in [5.74, 6) is 2.77. The third-order valence-corrected chi connectivity index (χ3v) is 2.75. The molecule has 2 rings (SSSR count). The largest absolute Gasteiger partial charge is 0.461 e. The van der Waals surface area contributed by atoms with Gasteiger partial charge in [0, 0.05) is 19.1 Å². The zero-order valence-corrected chi connectivity index (χ0v) is 12.0. The van der Waals surface area contributed by atoms with Crippen molar-refractivity contribution in [2.45, 2.75) is 13.3 Å². The van der Waals surface area contributed by atoms with Gasteiger partial charge in [0.25, 0.3) is 0 Å². The summed E-state index contributed by atoms with van der Waals surface area (Å²) in [6, 6.07) is 11.8. The summed E-state index contributed by atoms with van der Waals surface area (Å²) in [7, 11) is 1.00. The van der Waals surface area contributed by atoms with E-state index in [4.69, 9.17) is 12.6 Å². The molecular formula is C13H15IO3. The molecule has 1 N–H and O–H groups in total. The van der Waals surface area contributed by atoms with Crippen molar-refractivity contribution in [3.63, 3.8) is 0 Å². The molecule has 0 fully saturated rings. The van der Waals surface area contributed by atoms with Gasteiger partial charge >= 0.3 is 0 Å². The van der Waals surface area contributed by atoms with E-state index in [0.29, 0.717) is 0 Å². The Labute approximate surface area is 115 Å². The van der Waals surface area contributed by atoms with E-state index in [9.17, 15) is 0 Å². The highest BCUT2D eigenvalue weighted by Gasteiger charge is 2.03. The van der Waals surface area contributed by atoms with Crippen molar-refractivity contribution in [2.75, 3.05) is 7.11 Å². The molecule has 0 aliphatic carbocycles. The number of hydrogen-bond acceptors (Lipinski definition) is 3. The van der Waals surface area contributed by atoms with Gasteiger partial charge in [-0.1, -0.05) is 6.92 Å². The zero-order valence-electron chi connectivity index (χ0n) is 9.81. The zero-order chi connectivity index (χ0) is 12.7. The summed E-state index contributed by atoms with van der Waals surface area (Å²) < 4.78 is 10.7. The lowest BCUT2D eigenvalue weighted by Crippen LogP contribution is -1.76. The van der Waals surface area contributed by atoms with E-state index in [1.165, 1.54) is 0 Å². The predicted molar refractivity (Wildman–Crippen MR) is 76.3 cm³/mol. The van der Waals surface area contributed by atoms with Gasteiger partial charge in [-0.3, -0.25) is 0 Å². The van der Waals surface area contributed by atoms with Crippen LogP contribution in [0.5, 0.6) is 5.75 Å². The average Bonchev–Trinajstić information content (AvgIpc) is 2.90. The molecule has 0 radical (unpaired) electrons. The predicted octanol–water partition coefficient (Wildman–Crippen LogP) is 3.85. The lowest BCUT2D eigenvalue weighted by Gasteiger charge is -1.99. The van der Waals surface area contributed by atoms with Gasteiger partial charge in [0.1, 0.15) is 17.3 Å². The van der Waals surface area contributed by atoms with E-state index >= 15 is 0 Å². The van der Waals surface area contributed by atoms with Gasteiger partial charge in [-0.15, -0.1) is 0 Å². The molecular weight excluding hydrogens is 331 g/mol. The Bertz CT molecular complexity index is 434. The molecule has 2 aromatic rings. The van der Waals surface area contributed by atoms with Gasteiger partial charge in [-0.2, -0.15) is 0 Å². The first-order chi connectivity index (χ1) is 8.33. The summed E-state index contributed by atoms with van der Waals surface area (Å²) in [4.78, 5) is 0. The van der Waals surface area contributed by atoms with Crippen LogP contribution >= 0.6 is 23.0 Å². The first-order valence-electron chi connectivity index (χ1n) is 5.26. The average molecular weight is 346 g/mol. The Balaban J connectivity index is 0.000000686. The second kappa shape index (κ2) is 7.34. The fraction of sp³-hybridized carbons (Fsp3) is 0.231. The minimum Gasteiger partial charge on any atom is -0.461 e.